The number of hydrogen-bond donors (Lipinski definition) is 1. The minimum absolute atomic E-state index is 0.0444. The molecule has 2 unspecified atom stereocenters. The summed E-state index contributed by atoms with van der Waals surface area (Å²) in [6, 6.07) is 14.0. The predicted molar refractivity (Wildman–Crippen MR) is 84.2 cm³/mol. The van der Waals surface area contributed by atoms with Gasteiger partial charge in [-0.25, -0.2) is 0 Å². The van der Waals surface area contributed by atoms with E-state index < -0.39 is 0 Å². The van der Waals surface area contributed by atoms with Crippen LogP contribution in [0.2, 0.25) is 5.02 Å². The lowest BCUT2D eigenvalue weighted by Gasteiger charge is -2.33. The van der Waals surface area contributed by atoms with Gasteiger partial charge >= 0.3 is 0 Å². The van der Waals surface area contributed by atoms with Crippen LogP contribution in [0.1, 0.15) is 29.7 Å². The fourth-order valence-corrected chi connectivity index (χ4v) is 3.03. The Morgan fingerprint density at radius 3 is 2.71 bits per heavy atom. The van der Waals surface area contributed by atoms with Crippen LogP contribution in [0.3, 0.4) is 0 Å². The molecule has 3 nitrogen and oxygen atoms in total. The molecule has 1 N–H and O–H groups in total. The van der Waals surface area contributed by atoms with Crippen LogP contribution in [0, 0.1) is 0 Å². The molecule has 0 aliphatic carbocycles. The highest BCUT2D eigenvalue weighted by Gasteiger charge is 2.29. The average molecular weight is 304 g/mol. The first-order chi connectivity index (χ1) is 10.2. The second-order valence-corrected chi connectivity index (χ2v) is 5.52. The van der Waals surface area contributed by atoms with Crippen LogP contribution < -0.4 is 14.8 Å². The molecule has 1 aliphatic heterocycles. The van der Waals surface area contributed by atoms with Crippen molar-refractivity contribution in [2.75, 3.05) is 14.2 Å². The lowest BCUT2D eigenvalue weighted by molar-refractivity contribution is 0.153. The highest BCUT2D eigenvalue weighted by molar-refractivity contribution is 6.31. The summed E-state index contributed by atoms with van der Waals surface area (Å²) in [4.78, 5) is 0. The van der Waals surface area contributed by atoms with E-state index in [1.54, 1.807) is 7.11 Å². The molecule has 3 rings (SSSR count). The molecule has 110 valence electrons. The van der Waals surface area contributed by atoms with Crippen LogP contribution in [-0.4, -0.2) is 14.2 Å². The Morgan fingerprint density at radius 1 is 1.19 bits per heavy atom. The van der Waals surface area contributed by atoms with Crippen LogP contribution in [0.5, 0.6) is 11.5 Å². The van der Waals surface area contributed by atoms with Gasteiger partial charge in [0, 0.05) is 28.6 Å². The number of ether oxygens (including phenoxy) is 2. The van der Waals surface area contributed by atoms with Gasteiger partial charge in [0.05, 0.1) is 7.11 Å². The fourth-order valence-electron chi connectivity index (χ4n) is 2.78. The lowest BCUT2D eigenvalue weighted by atomic mass is 9.93. The van der Waals surface area contributed by atoms with Crippen molar-refractivity contribution in [1.29, 1.82) is 0 Å². The van der Waals surface area contributed by atoms with Crippen molar-refractivity contribution in [3.05, 3.63) is 58.6 Å². The van der Waals surface area contributed by atoms with E-state index in [0.717, 1.165) is 34.1 Å². The van der Waals surface area contributed by atoms with Gasteiger partial charge in [-0.1, -0.05) is 29.8 Å². The summed E-state index contributed by atoms with van der Waals surface area (Å²) in [6.45, 7) is 0. The van der Waals surface area contributed by atoms with E-state index >= 15 is 0 Å². The maximum Gasteiger partial charge on any atom is 0.127 e. The fraction of sp³-hybridized carbons (Fsp3) is 0.294. The maximum absolute atomic E-state index is 6.30. The van der Waals surface area contributed by atoms with E-state index in [-0.39, 0.29) is 12.1 Å². The quantitative estimate of drug-likeness (QED) is 0.924. The molecule has 2 aromatic rings. The molecule has 0 saturated carbocycles. The Balaban J connectivity index is 1.97. The van der Waals surface area contributed by atoms with E-state index in [1.165, 1.54) is 0 Å². The molecular weight excluding hydrogens is 286 g/mol. The topological polar surface area (TPSA) is 30.5 Å². The summed E-state index contributed by atoms with van der Waals surface area (Å²) in [7, 11) is 3.63. The third-order valence-corrected chi connectivity index (χ3v) is 4.26. The number of halogens is 1. The molecule has 0 radical (unpaired) electrons. The van der Waals surface area contributed by atoms with E-state index in [9.17, 15) is 0 Å². The van der Waals surface area contributed by atoms with Crippen molar-refractivity contribution in [3.63, 3.8) is 0 Å². The first-order valence-electron chi connectivity index (χ1n) is 6.99. The molecule has 0 fully saturated rings. The molecule has 4 heteroatoms. The lowest BCUT2D eigenvalue weighted by Crippen LogP contribution is -2.26. The smallest absolute Gasteiger partial charge is 0.127 e. The minimum Gasteiger partial charge on any atom is -0.497 e. The summed E-state index contributed by atoms with van der Waals surface area (Å²) in [5.41, 5.74) is 2.15. The second-order valence-electron chi connectivity index (χ2n) is 5.11. The van der Waals surface area contributed by atoms with Gasteiger partial charge in [-0.15, -0.1) is 0 Å². The van der Waals surface area contributed by atoms with Gasteiger partial charge in [-0.05, 0) is 31.3 Å². The van der Waals surface area contributed by atoms with E-state index in [2.05, 4.69) is 5.32 Å². The summed E-state index contributed by atoms with van der Waals surface area (Å²) in [5, 5.41) is 4.10. The van der Waals surface area contributed by atoms with E-state index in [1.807, 2.05) is 49.5 Å². The largest absolute Gasteiger partial charge is 0.497 e. The van der Waals surface area contributed by atoms with E-state index in [0.29, 0.717) is 0 Å². The third-order valence-electron chi connectivity index (χ3n) is 3.91. The third kappa shape index (κ3) is 2.71. The zero-order chi connectivity index (χ0) is 14.8. The van der Waals surface area contributed by atoms with Crippen molar-refractivity contribution in [3.8, 4) is 11.5 Å². The molecule has 0 spiro atoms. The number of hydrogen-bond acceptors (Lipinski definition) is 3. The molecule has 21 heavy (non-hydrogen) atoms. The van der Waals surface area contributed by atoms with Crippen molar-refractivity contribution in [2.45, 2.75) is 18.6 Å². The zero-order valence-corrected chi connectivity index (χ0v) is 12.9. The Bertz CT molecular complexity index is 644. The normalized spacial score (nSPS) is 20.5. The molecule has 0 saturated heterocycles. The van der Waals surface area contributed by atoms with Crippen LogP contribution in [0.4, 0.5) is 0 Å². The van der Waals surface area contributed by atoms with Gasteiger partial charge in [0.15, 0.2) is 0 Å². The highest BCUT2D eigenvalue weighted by atomic mass is 35.5. The number of fused-ring (bicyclic) bond motifs is 1. The van der Waals surface area contributed by atoms with Crippen LogP contribution in [0.15, 0.2) is 42.5 Å². The van der Waals surface area contributed by atoms with Gasteiger partial charge in [0.2, 0.25) is 0 Å². The predicted octanol–water partition coefficient (Wildman–Crippen LogP) is 4.13. The molecule has 2 aromatic carbocycles. The molecule has 0 aromatic heterocycles. The van der Waals surface area contributed by atoms with Crippen LogP contribution >= 0.6 is 11.6 Å². The van der Waals surface area contributed by atoms with Gasteiger partial charge in [0.25, 0.3) is 0 Å². The van der Waals surface area contributed by atoms with Crippen LogP contribution in [-0.2, 0) is 0 Å². The zero-order valence-electron chi connectivity index (χ0n) is 12.1. The van der Waals surface area contributed by atoms with Gasteiger partial charge in [0.1, 0.15) is 17.6 Å². The summed E-state index contributed by atoms with van der Waals surface area (Å²) >= 11 is 6.30. The SMILES string of the molecule is CNC1CC(c2ccccc2Cl)Oc2ccc(OC)cc21. The highest BCUT2D eigenvalue weighted by Crippen LogP contribution is 2.43. The standard InChI is InChI=1S/C17H18ClNO2/c1-19-15-10-17(12-5-3-4-6-14(12)18)21-16-8-7-11(20-2)9-13(15)16/h3-9,15,17,19H,10H2,1-2H3. The van der Waals surface area contributed by atoms with Crippen molar-refractivity contribution < 1.29 is 9.47 Å². The Labute approximate surface area is 129 Å². The minimum atomic E-state index is -0.0444. The van der Waals surface area contributed by atoms with Crippen molar-refractivity contribution in [2.24, 2.45) is 0 Å². The summed E-state index contributed by atoms with van der Waals surface area (Å²) < 4.78 is 11.4. The first-order valence-corrected chi connectivity index (χ1v) is 7.37. The summed E-state index contributed by atoms with van der Waals surface area (Å²) in [5.74, 6) is 1.72. The maximum atomic E-state index is 6.30. The van der Waals surface area contributed by atoms with Gasteiger partial charge in [-0.3, -0.25) is 0 Å². The van der Waals surface area contributed by atoms with Crippen molar-refractivity contribution >= 4 is 11.6 Å². The Hall–Kier alpha value is -1.71. The van der Waals surface area contributed by atoms with Gasteiger partial charge in [-0.2, -0.15) is 0 Å². The van der Waals surface area contributed by atoms with Gasteiger partial charge < -0.3 is 14.8 Å². The molecule has 1 heterocycles. The molecule has 2 atom stereocenters. The Morgan fingerprint density at radius 2 is 2.00 bits per heavy atom. The molecule has 0 amide bonds. The molecular formula is C17H18ClNO2. The monoisotopic (exact) mass is 303 g/mol. The van der Waals surface area contributed by atoms with Crippen molar-refractivity contribution in [1.82, 2.24) is 5.32 Å². The summed E-state index contributed by atoms with van der Waals surface area (Å²) in [6.07, 6.45) is 0.789. The number of methoxy groups -OCH3 is 1. The number of rotatable bonds is 3. The van der Waals surface area contributed by atoms with Crippen LogP contribution in [0.25, 0.3) is 0 Å². The average Bonchev–Trinajstić information content (AvgIpc) is 2.53. The van der Waals surface area contributed by atoms with E-state index in [4.69, 9.17) is 21.1 Å². The molecule has 1 aliphatic rings. The first kappa shape index (κ1) is 14.2. The second kappa shape index (κ2) is 5.96. The molecule has 0 bridgehead atoms. The Kier molecular flexibility index (Phi) is 4.04. The number of nitrogens with one attached hydrogen (secondary N) is 1. The number of benzene rings is 2.